The van der Waals surface area contributed by atoms with Crippen LogP contribution < -0.4 is 10.1 Å². The maximum Gasteiger partial charge on any atom is 0.123 e. The molecular formula is C17H18N2O. The highest BCUT2D eigenvalue weighted by atomic mass is 16.5. The van der Waals surface area contributed by atoms with Gasteiger partial charge in [0.05, 0.1) is 18.7 Å². The first-order valence-electron chi connectivity index (χ1n) is 6.65. The molecule has 0 aliphatic rings. The minimum Gasteiger partial charge on any atom is -0.496 e. The lowest BCUT2D eigenvalue weighted by molar-refractivity contribution is 0.407. The standard InChI is InChI=1S/C17H18N2O/c1-20-17-8-7-15(12-18)11-16(17)13-19-10-9-14-5-3-2-4-6-14/h2-8,11,19H,9-10,13H2,1H3. The average Bonchev–Trinajstić information content (AvgIpc) is 2.52. The first-order valence-corrected chi connectivity index (χ1v) is 6.65. The van der Waals surface area contributed by atoms with E-state index < -0.39 is 0 Å². The molecule has 2 aromatic carbocycles. The molecule has 0 atom stereocenters. The van der Waals surface area contributed by atoms with Gasteiger partial charge in [-0.1, -0.05) is 30.3 Å². The van der Waals surface area contributed by atoms with E-state index in [4.69, 9.17) is 10.00 Å². The molecule has 0 aromatic heterocycles. The number of nitrogens with zero attached hydrogens (tertiary/aromatic N) is 1. The monoisotopic (exact) mass is 266 g/mol. The average molecular weight is 266 g/mol. The predicted octanol–water partition coefficient (Wildman–Crippen LogP) is 2.90. The van der Waals surface area contributed by atoms with Crippen LogP contribution >= 0.6 is 0 Å². The minimum absolute atomic E-state index is 0.658. The van der Waals surface area contributed by atoms with Crippen LogP contribution in [0.4, 0.5) is 0 Å². The second-order valence-electron chi connectivity index (χ2n) is 4.55. The molecule has 102 valence electrons. The van der Waals surface area contributed by atoms with Crippen molar-refractivity contribution in [3.8, 4) is 11.8 Å². The van der Waals surface area contributed by atoms with Gasteiger partial charge in [0, 0.05) is 12.1 Å². The van der Waals surface area contributed by atoms with E-state index in [1.54, 1.807) is 13.2 Å². The minimum atomic E-state index is 0.658. The topological polar surface area (TPSA) is 45.0 Å². The molecule has 0 unspecified atom stereocenters. The van der Waals surface area contributed by atoms with Gasteiger partial charge >= 0.3 is 0 Å². The van der Waals surface area contributed by atoms with Crippen LogP contribution in [-0.4, -0.2) is 13.7 Å². The molecule has 0 saturated carbocycles. The summed E-state index contributed by atoms with van der Waals surface area (Å²) in [6.45, 7) is 1.59. The van der Waals surface area contributed by atoms with Crippen molar-refractivity contribution < 1.29 is 4.74 Å². The Morgan fingerprint density at radius 3 is 2.65 bits per heavy atom. The second kappa shape index (κ2) is 7.32. The molecular weight excluding hydrogens is 248 g/mol. The van der Waals surface area contributed by atoms with Crippen molar-refractivity contribution in [3.05, 3.63) is 65.2 Å². The van der Waals surface area contributed by atoms with Gasteiger partial charge in [0.2, 0.25) is 0 Å². The molecule has 0 radical (unpaired) electrons. The SMILES string of the molecule is COc1ccc(C#N)cc1CNCCc1ccccc1. The van der Waals surface area contributed by atoms with Gasteiger partial charge in [-0.25, -0.2) is 0 Å². The van der Waals surface area contributed by atoms with Crippen LogP contribution in [0.3, 0.4) is 0 Å². The zero-order valence-electron chi connectivity index (χ0n) is 11.6. The summed E-state index contributed by atoms with van der Waals surface area (Å²) in [5, 5.41) is 12.3. The highest BCUT2D eigenvalue weighted by Crippen LogP contribution is 2.19. The molecule has 20 heavy (non-hydrogen) atoms. The van der Waals surface area contributed by atoms with E-state index >= 15 is 0 Å². The van der Waals surface area contributed by atoms with E-state index in [1.807, 2.05) is 18.2 Å². The lowest BCUT2D eigenvalue weighted by Gasteiger charge is -2.10. The van der Waals surface area contributed by atoms with Crippen LogP contribution in [0.1, 0.15) is 16.7 Å². The first kappa shape index (κ1) is 14.1. The molecule has 0 bridgehead atoms. The van der Waals surface area contributed by atoms with Gasteiger partial charge in [-0.05, 0) is 36.7 Å². The summed E-state index contributed by atoms with van der Waals surface area (Å²) in [4.78, 5) is 0. The summed E-state index contributed by atoms with van der Waals surface area (Å²) in [7, 11) is 1.65. The van der Waals surface area contributed by atoms with Crippen molar-refractivity contribution in [1.29, 1.82) is 5.26 Å². The molecule has 0 amide bonds. The molecule has 2 aromatic rings. The lowest BCUT2D eigenvalue weighted by atomic mass is 10.1. The fourth-order valence-electron chi connectivity index (χ4n) is 2.09. The van der Waals surface area contributed by atoms with Crippen LogP contribution in [-0.2, 0) is 13.0 Å². The molecule has 2 rings (SSSR count). The highest BCUT2D eigenvalue weighted by Gasteiger charge is 2.04. The zero-order chi connectivity index (χ0) is 14.2. The van der Waals surface area contributed by atoms with Gasteiger partial charge in [0.15, 0.2) is 0 Å². The van der Waals surface area contributed by atoms with Crippen LogP contribution in [0.15, 0.2) is 48.5 Å². The maximum atomic E-state index is 8.93. The largest absolute Gasteiger partial charge is 0.496 e. The summed E-state index contributed by atoms with van der Waals surface area (Å²) < 4.78 is 5.31. The van der Waals surface area contributed by atoms with E-state index in [0.29, 0.717) is 12.1 Å². The number of ether oxygens (including phenoxy) is 1. The number of hydrogen-bond donors (Lipinski definition) is 1. The Balaban J connectivity index is 1.89. The number of methoxy groups -OCH3 is 1. The third kappa shape index (κ3) is 3.84. The molecule has 0 spiro atoms. The van der Waals surface area contributed by atoms with Crippen molar-refractivity contribution >= 4 is 0 Å². The van der Waals surface area contributed by atoms with E-state index in [0.717, 1.165) is 24.3 Å². The summed E-state index contributed by atoms with van der Waals surface area (Å²) in [6, 6.07) is 18.0. The van der Waals surface area contributed by atoms with Crippen molar-refractivity contribution in [1.82, 2.24) is 5.32 Å². The Labute approximate surface area is 119 Å². The Kier molecular flexibility index (Phi) is 5.16. The Bertz CT molecular complexity index is 588. The summed E-state index contributed by atoms with van der Waals surface area (Å²) in [5.41, 5.74) is 2.99. The van der Waals surface area contributed by atoms with Crippen molar-refractivity contribution in [2.75, 3.05) is 13.7 Å². The number of benzene rings is 2. The molecule has 0 saturated heterocycles. The number of rotatable bonds is 6. The van der Waals surface area contributed by atoms with E-state index in [1.165, 1.54) is 5.56 Å². The smallest absolute Gasteiger partial charge is 0.123 e. The fraction of sp³-hybridized carbons (Fsp3) is 0.235. The van der Waals surface area contributed by atoms with Gasteiger partial charge in [0.1, 0.15) is 5.75 Å². The number of nitrogens with one attached hydrogen (secondary N) is 1. The predicted molar refractivity (Wildman–Crippen MR) is 79.6 cm³/mol. The molecule has 3 heteroatoms. The van der Waals surface area contributed by atoms with Gasteiger partial charge in [0.25, 0.3) is 0 Å². The molecule has 3 nitrogen and oxygen atoms in total. The van der Waals surface area contributed by atoms with Crippen LogP contribution in [0.25, 0.3) is 0 Å². The quantitative estimate of drug-likeness (QED) is 0.818. The van der Waals surface area contributed by atoms with Gasteiger partial charge < -0.3 is 10.1 Å². The molecule has 0 fully saturated rings. The summed E-state index contributed by atoms with van der Waals surface area (Å²) >= 11 is 0. The molecule has 0 heterocycles. The number of nitriles is 1. The van der Waals surface area contributed by atoms with Gasteiger partial charge in [-0.15, -0.1) is 0 Å². The Morgan fingerprint density at radius 1 is 1.15 bits per heavy atom. The Hall–Kier alpha value is -2.31. The van der Waals surface area contributed by atoms with E-state index in [9.17, 15) is 0 Å². The Morgan fingerprint density at radius 2 is 1.95 bits per heavy atom. The fourth-order valence-corrected chi connectivity index (χ4v) is 2.09. The molecule has 1 N–H and O–H groups in total. The third-order valence-electron chi connectivity index (χ3n) is 3.16. The van der Waals surface area contributed by atoms with E-state index in [2.05, 4.69) is 35.7 Å². The van der Waals surface area contributed by atoms with Crippen molar-refractivity contribution in [2.45, 2.75) is 13.0 Å². The normalized spacial score (nSPS) is 10.0. The third-order valence-corrected chi connectivity index (χ3v) is 3.16. The van der Waals surface area contributed by atoms with Crippen molar-refractivity contribution in [3.63, 3.8) is 0 Å². The maximum absolute atomic E-state index is 8.93. The first-order chi connectivity index (χ1) is 9.83. The molecule has 0 aliphatic carbocycles. The van der Waals surface area contributed by atoms with E-state index in [-0.39, 0.29) is 0 Å². The molecule has 0 aliphatic heterocycles. The lowest BCUT2D eigenvalue weighted by Crippen LogP contribution is -2.17. The van der Waals surface area contributed by atoms with Crippen molar-refractivity contribution in [2.24, 2.45) is 0 Å². The number of hydrogen-bond acceptors (Lipinski definition) is 3. The second-order valence-corrected chi connectivity index (χ2v) is 4.55. The van der Waals surface area contributed by atoms with Gasteiger partial charge in [-0.2, -0.15) is 5.26 Å². The van der Waals surface area contributed by atoms with Crippen LogP contribution in [0.5, 0.6) is 5.75 Å². The summed E-state index contributed by atoms with van der Waals surface area (Å²) in [5.74, 6) is 0.816. The zero-order valence-corrected chi connectivity index (χ0v) is 11.6. The summed E-state index contributed by atoms with van der Waals surface area (Å²) in [6.07, 6.45) is 0.987. The highest BCUT2D eigenvalue weighted by molar-refractivity contribution is 5.42. The van der Waals surface area contributed by atoms with Crippen LogP contribution in [0, 0.1) is 11.3 Å². The van der Waals surface area contributed by atoms with Gasteiger partial charge in [-0.3, -0.25) is 0 Å². The van der Waals surface area contributed by atoms with Crippen LogP contribution in [0.2, 0.25) is 0 Å².